The molecule has 0 aliphatic heterocycles. The average Bonchev–Trinajstić information content (AvgIpc) is 2.42. The predicted octanol–water partition coefficient (Wildman–Crippen LogP) is 4.51. The van der Waals surface area contributed by atoms with Crippen LogP contribution in [0.2, 0.25) is 0 Å². The summed E-state index contributed by atoms with van der Waals surface area (Å²) in [4.78, 5) is 11.1. The molecule has 2 N–H and O–H groups in total. The highest BCUT2D eigenvalue weighted by Gasteiger charge is 2.25. The number of anilines is 2. The quantitative estimate of drug-likeness (QED) is 0.546. The van der Waals surface area contributed by atoms with Gasteiger partial charge in [-0.15, -0.1) is 0 Å². The largest absolute Gasteiger partial charge is 0.379 e. The van der Waals surface area contributed by atoms with Gasteiger partial charge in [-0.2, -0.15) is 0 Å². The van der Waals surface area contributed by atoms with Crippen molar-refractivity contribution in [2.24, 2.45) is 11.3 Å². The SMILES string of the molecule is CCCNc1cccc(NCC(C)(C)C(C)C)c1[N+](=O)[O-]. The first-order chi connectivity index (χ1) is 9.79. The molecule has 0 bridgehead atoms. The van der Waals surface area contributed by atoms with E-state index in [1.165, 1.54) is 0 Å². The molecule has 0 fully saturated rings. The maximum Gasteiger partial charge on any atom is 0.315 e. The van der Waals surface area contributed by atoms with Gasteiger partial charge < -0.3 is 10.6 Å². The summed E-state index contributed by atoms with van der Waals surface area (Å²) >= 11 is 0. The van der Waals surface area contributed by atoms with E-state index in [0.717, 1.165) is 13.0 Å². The zero-order valence-corrected chi connectivity index (χ0v) is 13.7. The fourth-order valence-corrected chi connectivity index (χ4v) is 1.81. The third-order valence-corrected chi connectivity index (χ3v) is 4.08. The van der Waals surface area contributed by atoms with Crippen molar-refractivity contribution in [2.75, 3.05) is 23.7 Å². The van der Waals surface area contributed by atoms with Crippen LogP contribution in [0.3, 0.4) is 0 Å². The van der Waals surface area contributed by atoms with Gasteiger partial charge in [0.2, 0.25) is 0 Å². The summed E-state index contributed by atoms with van der Waals surface area (Å²) in [5.41, 5.74) is 1.36. The summed E-state index contributed by atoms with van der Waals surface area (Å²) in [5.74, 6) is 0.491. The lowest BCUT2D eigenvalue weighted by atomic mass is 9.81. The number of benzene rings is 1. The molecule has 0 saturated heterocycles. The number of nitrogens with one attached hydrogen (secondary N) is 2. The van der Waals surface area contributed by atoms with Crippen LogP contribution in [0.1, 0.15) is 41.0 Å². The van der Waals surface area contributed by atoms with Gasteiger partial charge in [0.1, 0.15) is 11.4 Å². The molecule has 0 spiro atoms. The van der Waals surface area contributed by atoms with Crippen molar-refractivity contribution in [3.8, 4) is 0 Å². The molecule has 0 aliphatic carbocycles. The Balaban J connectivity index is 2.98. The highest BCUT2D eigenvalue weighted by Crippen LogP contribution is 2.34. The van der Waals surface area contributed by atoms with Crippen LogP contribution in [0, 0.1) is 21.4 Å². The minimum Gasteiger partial charge on any atom is -0.379 e. The monoisotopic (exact) mass is 293 g/mol. The van der Waals surface area contributed by atoms with Gasteiger partial charge in [0, 0.05) is 13.1 Å². The number of nitro benzene ring substituents is 1. The fourth-order valence-electron chi connectivity index (χ4n) is 1.81. The van der Waals surface area contributed by atoms with Crippen LogP contribution in [0.4, 0.5) is 17.1 Å². The lowest BCUT2D eigenvalue weighted by molar-refractivity contribution is -0.383. The molecule has 0 heterocycles. The summed E-state index contributed by atoms with van der Waals surface area (Å²) < 4.78 is 0. The van der Waals surface area contributed by atoms with Crippen LogP contribution >= 0.6 is 0 Å². The number of hydrogen-bond donors (Lipinski definition) is 2. The van der Waals surface area contributed by atoms with Crippen LogP contribution in [0.15, 0.2) is 18.2 Å². The molecule has 0 radical (unpaired) electrons. The molecule has 5 heteroatoms. The Morgan fingerprint density at radius 1 is 1.24 bits per heavy atom. The number of rotatable bonds is 8. The second kappa shape index (κ2) is 7.29. The first-order valence-electron chi connectivity index (χ1n) is 7.54. The summed E-state index contributed by atoms with van der Waals surface area (Å²) in [6, 6.07) is 5.37. The van der Waals surface area contributed by atoms with Crippen LogP contribution < -0.4 is 10.6 Å². The minimum absolute atomic E-state index is 0.0702. The van der Waals surface area contributed by atoms with E-state index in [0.29, 0.717) is 23.8 Å². The molecule has 5 nitrogen and oxygen atoms in total. The standard InChI is InChI=1S/C16H27N3O2/c1-6-10-17-13-8-7-9-14(15(13)19(20)21)18-11-16(4,5)12(2)3/h7-9,12,17-18H,6,10-11H2,1-5H3. The highest BCUT2D eigenvalue weighted by atomic mass is 16.6. The van der Waals surface area contributed by atoms with Gasteiger partial charge in [0.15, 0.2) is 0 Å². The normalized spacial score (nSPS) is 11.5. The van der Waals surface area contributed by atoms with E-state index in [2.05, 4.69) is 38.3 Å². The zero-order valence-electron chi connectivity index (χ0n) is 13.7. The van der Waals surface area contributed by atoms with Crippen LogP contribution in [-0.4, -0.2) is 18.0 Å². The zero-order chi connectivity index (χ0) is 16.0. The van der Waals surface area contributed by atoms with Gasteiger partial charge in [-0.3, -0.25) is 10.1 Å². The molecule has 0 aliphatic rings. The Hall–Kier alpha value is -1.78. The minimum atomic E-state index is -0.317. The molecule has 1 aromatic rings. The topological polar surface area (TPSA) is 67.2 Å². The Morgan fingerprint density at radius 3 is 2.29 bits per heavy atom. The number of para-hydroxylation sites is 1. The summed E-state index contributed by atoms with van der Waals surface area (Å²) in [7, 11) is 0. The van der Waals surface area contributed by atoms with Gasteiger partial charge in [0.05, 0.1) is 4.92 Å². The lowest BCUT2D eigenvalue weighted by Crippen LogP contribution is -2.28. The van der Waals surface area contributed by atoms with Crippen molar-refractivity contribution in [1.29, 1.82) is 0 Å². The molecule has 0 atom stereocenters. The third-order valence-electron chi connectivity index (χ3n) is 4.08. The molecule has 1 rings (SSSR count). The molecule has 0 saturated carbocycles. The summed E-state index contributed by atoms with van der Waals surface area (Å²) in [6.07, 6.45) is 0.926. The van der Waals surface area contributed by atoms with E-state index in [-0.39, 0.29) is 16.0 Å². The van der Waals surface area contributed by atoms with E-state index in [1.54, 1.807) is 12.1 Å². The molecule has 0 amide bonds. The van der Waals surface area contributed by atoms with Crippen molar-refractivity contribution in [3.05, 3.63) is 28.3 Å². The smallest absolute Gasteiger partial charge is 0.315 e. The maximum absolute atomic E-state index is 11.4. The van der Waals surface area contributed by atoms with E-state index in [9.17, 15) is 10.1 Å². The van der Waals surface area contributed by atoms with Crippen molar-refractivity contribution in [3.63, 3.8) is 0 Å². The first-order valence-corrected chi connectivity index (χ1v) is 7.54. The van der Waals surface area contributed by atoms with Crippen molar-refractivity contribution >= 4 is 17.1 Å². The molecule has 0 aromatic heterocycles. The maximum atomic E-state index is 11.4. The molecule has 118 valence electrons. The van der Waals surface area contributed by atoms with Gasteiger partial charge in [0.25, 0.3) is 0 Å². The Labute approximate surface area is 127 Å². The molecule has 1 aromatic carbocycles. The lowest BCUT2D eigenvalue weighted by Gasteiger charge is -2.29. The molecule has 21 heavy (non-hydrogen) atoms. The van der Waals surface area contributed by atoms with E-state index < -0.39 is 0 Å². The highest BCUT2D eigenvalue weighted by molar-refractivity contribution is 5.76. The van der Waals surface area contributed by atoms with Crippen LogP contribution in [-0.2, 0) is 0 Å². The number of nitrogens with zero attached hydrogens (tertiary/aromatic N) is 1. The van der Waals surface area contributed by atoms with E-state index in [1.807, 2.05) is 13.0 Å². The van der Waals surface area contributed by atoms with Crippen molar-refractivity contribution < 1.29 is 4.92 Å². The molecule has 0 unspecified atom stereocenters. The number of hydrogen-bond acceptors (Lipinski definition) is 4. The Kier molecular flexibility index (Phi) is 6.00. The molecular formula is C16H27N3O2. The summed E-state index contributed by atoms with van der Waals surface area (Å²) in [5, 5.41) is 17.8. The summed E-state index contributed by atoms with van der Waals surface area (Å²) in [6.45, 7) is 12.1. The Bertz CT molecular complexity index is 484. The first kappa shape index (κ1) is 17.3. The van der Waals surface area contributed by atoms with Crippen molar-refractivity contribution in [2.45, 2.75) is 41.0 Å². The molecular weight excluding hydrogens is 266 g/mol. The second-order valence-electron chi connectivity index (χ2n) is 6.38. The predicted molar refractivity (Wildman–Crippen MR) is 89.0 cm³/mol. The third kappa shape index (κ3) is 4.62. The van der Waals surface area contributed by atoms with Crippen LogP contribution in [0.5, 0.6) is 0 Å². The van der Waals surface area contributed by atoms with Gasteiger partial charge >= 0.3 is 5.69 Å². The number of nitro groups is 1. The van der Waals surface area contributed by atoms with Gasteiger partial charge in [-0.1, -0.05) is 40.7 Å². The van der Waals surface area contributed by atoms with Gasteiger partial charge in [-0.25, -0.2) is 0 Å². The average molecular weight is 293 g/mol. The van der Waals surface area contributed by atoms with Crippen molar-refractivity contribution in [1.82, 2.24) is 0 Å². The Morgan fingerprint density at radius 2 is 1.81 bits per heavy atom. The second-order valence-corrected chi connectivity index (χ2v) is 6.38. The van der Waals surface area contributed by atoms with Crippen LogP contribution in [0.25, 0.3) is 0 Å². The fraction of sp³-hybridized carbons (Fsp3) is 0.625. The van der Waals surface area contributed by atoms with Gasteiger partial charge in [-0.05, 0) is 29.9 Å². The van der Waals surface area contributed by atoms with E-state index in [4.69, 9.17) is 0 Å². The van der Waals surface area contributed by atoms with E-state index >= 15 is 0 Å².